The molecular weight excluding hydrogens is 248 g/mol. The molecule has 1 aromatic carbocycles. The van der Waals surface area contributed by atoms with E-state index < -0.39 is 0 Å². The molecule has 2 rings (SSSR count). The van der Waals surface area contributed by atoms with Gasteiger partial charge in [-0.15, -0.1) is 0 Å². The predicted octanol–water partition coefficient (Wildman–Crippen LogP) is 3.94. The van der Waals surface area contributed by atoms with Crippen molar-refractivity contribution >= 4 is 0 Å². The quantitative estimate of drug-likeness (QED) is 0.919. The number of benzene rings is 1. The third-order valence-electron chi connectivity index (χ3n) is 3.20. The second-order valence-corrected chi connectivity index (χ2v) is 5.97. The highest BCUT2D eigenvalue weighted by atomic mass is 16.5. The lowest BCUT2D eigenvalue weighted by atomic mass is 9.86. The molecule has 3 heteroatoms. The molecule has 0 fully saturated rings. The normalized spacial score (nSPS) is 11.4. The smallest absolute Gasteiger partial charge is 0.223 e. The van der Waals surface area contributed by atoms with Crippen LogP contribution in [0.3, 0.4) is 0 Å². The average Bonchev–Trinajstić information content (AvgIpc) is 2.38. The van der Waals surface area contributed by atoms with Crippen molar-refractivity contribution in [3.63, 3.8) is 0 Å². The summed E-state index contributed by atoms with van der Waals surface area (Å²) in [6.45, 7) is 8.87. The van der Waals surface area contributed by atoms with Crippen LogP contribution in [0.15, 0.2) is 36.4 Å². The third-order valence-corrected chi connectivity index (χ3v) is 3.20. The summed E-state index contributed by atoms with van der Waals surface area (Å²) in [6, 6.07) is 12.0. The molecule has 0 aliphatic carbocycles. The Labute approximate surface area is 120 Å². The first-order valence-electron chi connectivity index (χ1n) is 6.86. The van der Waals surface area contributed by atoms with E-state index in [4.69, 9.17) is 10.5 Å². The SMILES string of the molecule is Cc1ccc(CN)c(Oc2ccccc2C(C)(C)C)n1. The lowest BCUT2D eigenvalue weighted by molar-refractivity contribution is 0.433. The Morgan fingerprint density at radius 3 is 2.45 bits per heavy atom. The van der Waals surface area contributed by atoms with E-state index in [0.29, 0.717) is 12.4 Å². The van der Waals surface area contributed by atoms with E-state index in [2.05, 4.69) is 31.8 Å². The van der Waals surface area contributed by atoms with Crippen LogP contribution in [0, 0.1) is 6.92 Å². The fraction of sp³-hybridized carbons (Fsp3) is 0.353. The molecule has 0 aliphatic heterocycles. The third kappa shape index (κ3) is 3.17. The molecule has 0 spiro atoms. The zero-order chi connectivity index (χ0) is 14.8. The Kier molecular flexibility index (Phi) is 4.09. The molecule has 0 aliphatic rings. The van der Waals surface area contributed by atoms with Gasteiger partial charge in [0.15, 0.2) is 0 Å². The highest BCUT2D eigenvalue weighted by Gasteiger charge is 2.19. The number of hydrogen-bond acceptors (Lipinski definition) is 3. The van der Waals surface area contributed by atoms with E-state index in [9.17, 15) is 0 Å². The second kappa shape index (κ2) is 5.63. The van der Waals surface area contributed by atoms with Crippen molar-refractivity contribution in [1.82, 2.24) is 4.98 Å². The minimum Gasteiger partial charge on any atom is -0.438 e. The molecule has 1 aromatic heterocycles. The summed E-state index contributed by atoms with van der Waals surface area (Å²) in [7, 11) is 0. The van der Waals surface area contributed by atoms with Crippen LogP contribution in [0.4, 0.5) is 0 Å². The fourth-order valence-corrected chi connectivity index (χ4v) is 2.08. The number of aryl methyl sites for hydroxylation is 1. The van der Waals surface area contributed by atoms with Crippen LogP contribution in [0.25, 0.3) is 0 Å². The number of para-hydroxylation sites is 1. The molecule has 0 saturated heterocycles. The number of pyridine rings is 1. The van der Waals surface area contributed by atoms with E-state index in [1.165, 1.54) is 0 Å². The number of hydrogen-bond donors (Lipinski definition) is 1. The first kappa shape index (κ1) is 14.5. The summed E-state index contributed by atoms with van der Waals surface area (Å²) in [5, 5.41) is 0. The minimum absolute atomic E-state index is 0.0172. The van der Waals surface area contributed by atoms with Crippen LogP contribution in [0.5, 0.6) is 11.6 Å². The van der Waals surface area contributed by atoms with Crippen molar-refractivity contribution in [3.8, 4) is 11.6 Å². The molecule has 2 aromatic rings. The van der Waals surface area contributed by atoms with Crippen LogP contribution in [-0.4, -0.2) is 4.98 Å². The van der Waals surface area contributed by atoms with Gasteiger partial charge in [0, 0.05) is 23.4 Å². The molecule has 106 valence electrons. The number of aromatic nitrogens is 1. The van der Waals surface area contributed by atoms with Gasteiger partial charge in [-0.3, -0.25) is 0 Å². The number of rotatable bonds is 3. The molecule has 2 N–H and O–H groups in total. The summed E-state index contributed by atoms with van der Waals surface area (Å²) in [6.07, 6.45) is 0. The lowest BCUT2D eigenvalue weighted by Crippen LogP contribution is -2.13. The lowest BCUT2D eigenvalue weighted by Gasteiger charge is -2.22. The maximum Gasteiger partial charge on any atom is 0.223 e. The standard InChI is InChI=1S/C17H22N2O/c1-12-9-10-13(11-18)16(19-12)20-15-8-6-5-7-14(15)17(2,3)4/h5-10H,11,18H2,1-4H3. The predicted molar refractivity (Wildman–Crippen MR) is 82.1 cm³/mol. The van der Waals surface area contributed by atoms with Gasteiger partial charge < -0.3 is 10.5 Å². The Morgan fingerprint density at radius 2 is 1.80 bits per heavy atom. The molecule has 0 unspecified atom stereocenters. The zero-order valence-electron chi connectivity index (χ0n) is 12.6. The highest BCUT2D eigenvalue weighted by Crippen LogP contribution is 2.34. The van der Waals surface area contributed by atoms with Gasteiger partial charge in [0.1, 0.15) is 5.75 Å². The molecule has 0 saturated carbocycles. The Bertz CT molecular complexity index is 600. The maximum atomic E-state index is 6.05. The largest absolute Gasteiger partial charge is 0.438 e. The monoisotopic (exact) mass is 270 g/mol. The summed E-state index contributed by atoms with van der Waals surface area (Å²) < 4.78 is 6.05. The molecule has 0 bridgehead atoms. The van der Waals surface area contributed by atoms with Gasteiger partial charge in [-0.05, 0) is 24.5 Å². The van der Waals surface area contributed by atoms with Crippen molar-refractivity contribution in [1.29, 1.82) is 0 Å². The van der Waals surface area contributed by atoms with Crippen molar-refractivity contribution in [2.24, 2.45) is 5.73 Å². The Balaban J connectivity index is 2.43. The van der Waals surface area contributed by atoms with Gasteiger partial charge in [0.05, 0.1) is 0 Å². The van der Waals surface area contributed by atoms with Crippen molar-refractivity contribution in [3.05, 3.63) is 53.2 Å². The van der Waals surface area contributed by atoms with Crippen molar-refractivity contribution in [2.45, 2.75) is 39.7 Å². The first-order valence-corrected chi connectivity index (χ1v) is 6.86. The van der Waals surface area contributed by atoms with Crippen LogP contribution >= 0.6 is 0 Å². The molecule has 3 nitrogen and oxygen atoms in total. The number of ether oxygens (including phenoxy) is 1. The summed E-state index contributed by atoms with van der Waals surface area (Å²) in [5.41, 5.74) is 8.77. The fourth-order valence-electron chi connectivity index (χ4n) is 2.08. The maximum absolute atomic E-state index is 6.05. The van der Waals surface area contributed by atoms with E-state index in [-0.39, 0.29) is 5.41 Å². The Morgan fingerprint density at radius 1 is 1.10 bits per heavy atom. The van der Waals surface area contributed by atoms with Gasteiger partial charge in [0.2, 0.25) is 5.88 Å². The van der Waals surface area contributed by atoms with Crippen molar-refractivity contribution < 1.29 is 4.74 Å². The second-order valence-electron chi connectivity index (χ2n) is 5.97. The van der Waals surface area contributed by atoms with Gasteiger partial charge in [-0.25, -0.2) is 4.98 Å². The summed E-state index contributed by atoms with van der Waals surface area (Å²) in [4.78, 5) is 4.46. The topological polar surface area (TPSA) is 48.1 Å². The molecule has 20 heavy (non-hydrogen) atoms. The van der Waals surface area contributed by atoms with Crippen molar-refractivity contribution in [2.75, 3.05) is 0 Å². The van der Waals surface area contributed by atoms with Crippen LogP contribution in [-0.2, 0) is 12.0 Å². The molecule has 1 heterocycles. The van der Waals surface area contributed by atoms with Crippen LogP contribution in [0.2, 0.25) is 0 Å². The van der Waals surface area contributed by atoms with E-state index in [1.807, 2.05) is 37.3 Å². The van der Waals surface area contributed by atoms with Gasteiger partial charge in [0.25, 0.3) is 0 Å². The first-order chi connectivity index (χ1) is 9.41. The molecule has 0 radical (unpaired) electrons. The number of nitrogens with zero attached hydrogens (tertiary/aromatic N) is 1. The average molecular weight is 270 g/mol. The molecule has 0 atom stereocenters. The summed E-state index contributed by atoms with van der Waals surface area (Å²) >= 11 is 0. The molecule has 0 amide bonds. The Hall–Kier alpha value is -1.87. The van der Waals surface area contributed by atoms with Crippen LogP contribution < -0.4 is 10.5 Å². The minimum atomic E-state index is 0.0172. The van der Waals surface area contributed by atoms with Crippen LogP contribution in [0.1, 0.15) is 37.6 Å². The van der Waals surface area contributed by atoms with E-state index in [1.54, 1.807) is 0 Å². The zero-order valence-corrected chi connectivity index (χ0v) is 12.6. The highest BCUT2D eigenvalue weighted by molar-refractivity contribution is 5.42. The molecular formula is C17H22N2O. The van der Waals surface area contributed by atoms with E-state index in [0.717, 1.165) is 22.6 Å². The number of nitrogens with two attached hydrogens (primary N) is 1. The van der Waals surface area contributed by atoms with E-state index >= 15 is 0 Å². The van der Waals surface area contributed by atoms with Gasteiger partial charge >= 0.3 is 0 Å². The van der Waals surface area contributed by atoms with Gasteiger partial charge in [-0.2, -0.15) is 0 Å². The van der Waals surface area contributed by atoms with Gasteiger partial charge in [-0.1, -0.05) is 45.0 Å². The summed E-state index contributed by atoms with van der Waals surface area (Å²) in [5.74, 6) is 1.44.